The number of nitrogens with zero attached hydrogens (tertiary/aromatic N) is 2. The molecule has 0 spiro atoms. The van der Waals surface area contributed by atoms with Crippen LogP contribution in [0.4, 0.5) is 5.69 Å². The first kappa shape index (κ1) is 14.4. The molecule has 1 fully saturated rings. The van der Waals surface area contributed by atoms with Crippen LogP contribution in [0.3, 0.4) is 0 Å². The lowest BCUT2D eigenvalue weighted by atomic mass is 10.1. The Hall–Kier alpha value is -2.23. The molecule has 1 saturated heterocycles. The number of hydrogen-bond donors (Lipinski definition) is 2. The minimum Gasteiger partial charge on any atom is -0.506 e. The summed E-state index contributed by atoms with van der Waals surface area (Å²) in [6.07, 6.45) is 0.527. The van der Waals surface area contributed by atoms with Crippen molar-refractivity contribution < 1.29 is 28.1 Å². The lowest BCUT2D eigenvalue weighted by Gasteiger charge is -2.17. The minimum atomic E-state index is -3.75. The SMILES string of the molecule is O=S1(=O)CC=Nc2c1c(O)c1ccc(C3OCCO3)nc1c2O. The third-order valence-electron chi connectivity index (χ3n) is 3.74. The fourth-order valence-corrected chi connectivity index (χ4v) is 3.97. The first-order valence-electron chi connectivity index (χ1n) is 6.86. The third kappa shape index (κ3) is 2.08. The van der Waals surface area contributed by atoms with Gasteiger partial charge in [-0.15, -0.1) is 0 Å². The Balaban J connectivity index is 2.02. The van der Waals surface area contributed by atoms with Crippen LogP contribution in [0.2, 0.25) is 0 Å². The topological polar surface area (TPSA) is 118 Å². The van der Waals surface area contributed by atoms with Crippen LogP contribution in [-0.2, 0) is 19.3 Å². The Bertz CT molecular complexity index is 948. The average molecular weight is 336 g/mol. The maximum absolute atomic E-state index is 12.1. The Morgan fingerprint density at radius 3 is 2.61 bits per heavy atom. The van der Waals surface area contributed by atoms with E-state index in [4.69, 9.17) is 9.47 Å². The van der Waals surface area contributed by atoms with Gasteiger partial charge in [-0.05, 0) is 12.1 Å². The number of rotatable bonds is 1. The van der Waals surface area contributed by atoms with Crippen LogP contribution in [0.25, 0.3) is 10.9 Å². The van der Waals surface area contributed by atoms with E-state index in [1.807, 2.05) is 0 Å². The van der Waals surface area contributed by atoms with Crippen molar-refractivity contribution in [1.82, 2.24) is 4.98 Å². The third-order valence-corrected chi connectivity index (χ3v) is 5.34. The van der Waals surface area contributed by atoms with Crippen LogP contribution < -0.4 is 0 Å². The molecule has 0 saturated carbocycles. The van der Waals surface area contributed by atoms with Gasteiger partial charge in [-0.25, -0.2) is 13.4 Å². The predicted molar refractivity (Wildman–Crippen MR) is 79.9 cm³/mol. The van der Waals surface area contributed by atoms with Gasteiger partial charge in [-0.1, -0.05) is 0 Å². The molecule has 8 nitrogen and oxygen atoms in total. The summed E-state index contributed by atoms with van der Waals surface area (Å²) in [6, 6.07) is 3.04. The van der Waals surface area contributed by atoms with Gasteiger partial charge in [0.25, 0.3) is 0 Å². The van der Waals surface area contributed by atoms with Gasteiger partial charge in [0.15, 0.2) is 15.6 Å². The van der Waals surface area contributed by atoms with Crippen molar-refractivity contribution in [3.05, 3.63) is 17.8 Å². The maximum atomic E-state index is 12.1. The standard InChI is InChI=1S/C14H12N2O6S/c17-11-7-1-2-8(14-21-4-5-22-14)16-9(7)12(18)10-13(11)23(19,20)6-3-15-10/h1-3,14,17-18H,4-6H2. The van der Waals surface area contributed by atoms with E-state index >= 15 is 0 Å². The molecule has 0 amide bonds. The van der Waals surface area contributed by atoms with Crippen LogP contribution >= 0.6 is 0 Å². The predicted octanol–water partition coefficient (Wildman–Crippen LogP) is 1.18. The zero-order valence-corrected chi connectivity index (χ0v) is 12.6. The van der Waals surface area contributed by atoms with Gasteiger partial charge in [0.05, 0.1) is 24.7 Å². The molecule has 1 aromatic heterocycles. The molecule has 0 aliphatic carbocycles. The van der Waals surface area contributed by atoms with Crippen molar-refractivity contribution in [2.24, 2.45) is 4.99 Å². The van der Waals surface area contributed by atoms with Crippen LogP contribution in [0, 0.1) is 0 Å². The summed E-state index contributed by atoms with van der Waals surface area (Å²) in [4.78, 5) is 7.79. The normalized spacial score (nSPS) is 20.0. The summed E-state index contributed by atoms with van der Waals surface area (Å²) >= 11 is 0. The van der Waals surface area contributed by atoms with E-state index in [0.717, 1.165) is 0 Å². The van der Waals surface area contributed by atoms with Gasteiger partial charge >= 0.3 is 0 Å². The van der Waals surface area contributed by atoms with E-state index in [0.29, 0.717) is 18.9 Å². The summed E-state index contributed by atoms with van der Waals surface area (Å²) in [6.45, 7) is 0.878. The fraction of sp³-hybridized carbons (Fsp3) is 0.286. The molecule has 0 bridgehead atoms. The molecule has 4 rings (SSSR count). The summed E-state index contributed by atoms with van der Waals surface area (Å²) in [7, 11) is -3.75. The van der Waals surface area contributed by atoms with Gasteiger partial charge in [0, 0.05) is 11.6 Å². The largest absolute Gasteiger partial charge is 0.506 e. The number of sulfone groups is 1. The monoisotopic (exact) mass is 336 g/mol. The molecule has 0 radical (unpaired) electrons. The van der Waals surface area contributed by atoms with Crippen LogP contribution in [0.5, 0.6) is 11.5 Å². The second-order valence-corrected chi connectivity index (χ2v) is 7.14. The van der Waals surface area contributed by atoms with E-state index < -0.39 is 27.6 Å². The Morgan fingerprint density at radius 1 is 1.13 bits per heavy atom. The number of ether oxygens (including phenoxy) is 2. The fourth-order valence-electron chi connectivity index (χ4n) is 2.68. The molecular formula is C14H12N2O6S. The second kappa shape index (κ2) is 4.88. The molecule has 9 heteroatoms. The van der Waals surface area contributed by atoms with Gasteiger partial charge in [-0.2, -0.15) is 0 Å². The Morgan fingerprint density at radius 2 is 1.87 bits per heavy atom. The molecule has 0 unspecified atom stereocenters. The maximum Gasteiger partial charge on any atom is 0.201 e. The van der Waals surface area contributed by atoms with Gasteiger partial charge in [0.1, 0.15) is 21.8 Å². The van der Waals surface area contributed by atoms with Gasteiger partial charge < -0.3 is 19.7 Å². The summed E-state index contributed by atoms with van der Waals surface area (Å²) in [5, 5.41) is 20.9. The lowest BCUT2D eigenvalue weighted by molar-refractivity contribution is -0.0470. The quantitative estimate of drug-likeness (QED) is 0.751. The summed E-state index contributed by atoms with van der Waals surface area (Å²) in [5.74, 6) is -1.18. The first-order valence-corrected chi connectivity index (χ1v) is 8.51. The summed E-state index contributed by atoms with van der Waals surface area (Å²) in [5.41, 5.74) is 0.276. The van der Waals surface area contributed by atoms with Crippen LogP contribution in [-0.4, -0.2) is 48.8 Å². The smallest absolute Gasteiger partial charge is 0.201 e. The highest BCUT2D eigenvalue weighted by atomic mass is 32.2. The molecule has 2 aliphatic rings. The molecule has 2 aliphatic heterocycles. The van der Waals surface area contributed by atoms with Crippen LogP contribution in [0.1, 0.15) is 12.0 Å². The zero-order chi connectivity index (χ0) is 16.2. The second-order valence-electron chi connectivity index (χ2n) is 5.17. The highest BCUT2D eigenvalue weighted by molar-refractivity contribution is 7.92. The van der Waals surface area contributed by atoms with E-state index in [2.05, 4.69) is 9.98 Å². The van der Waals surface area contributed by atoms with Crippen molar-refractivity contribution in [2.75, 3.05) is 19.0 Å². The number of aliphatic imine (C=N–C) groups is 1. The van der Waals surface area contributed by atoms with Gasteiger partial charge in [-0.3, -0.25) is 4.99 Å². The van der Waals surface area contributed by atoms with E-state index in [1.165, 1.54) is 12.3 Å². The van der Waals surface area contributed by atoms with Crippen molar-refractivity contribution in [1.29, 1.82) is 0 Å². The minimum absolute atomic E-state index is 0.0482. The lowest BCUT2D eigenvalue weighted by Crippen LogP contribution is -2.12. The Labute approximate surface area is 130 Å². The van der Waals surface area contributed by atoms with E-state index in [1.54, 1.807) is 6.07 Å². The first-order chi connectivity index (χ1) is 11.0. The molecule has 2 N–H and O–H groups in total. The van der Waals surface area contributed by atoms with Crippen molar-refractivity contribution in [2.45, 2.75) is 11.2 Å². The molecule has 120 valence electrons. The van der Waals surface area contributed by atoms with Crippen molar-refractivity contribution >= 4 is 32.6 Å². The Kier molecular flexibility index (Phi) is 3.05. The number of phenolic OH excluding ortho intramolecular Hbond substituents is 2. The van der Waals surface area contributed by atoms with Crippen molar-refractivity contribution in [3.8, 4) is 11.5 Å². The molecule has 3 heterocycles. The number of phenols is 2. The number of hydrogen-bond acceptors (Lipinski definition) is 8. The number of pyridine rings is 1. The number of fused-ring (bicyclic) bond motifs is 2. The number of aromatic hydroxyl groups is 2. The van der Waals surface area contributed by atoms with E-state index in [-0.39, 0.29) is 27.2 Å². The highest BCUT2D eigenvalue weighted by Crippen LogP contribution is 2.48. The number of benzene rings is 1. The van der Waals surface area contributed by atoms with Gasteiger partial charge in [0.2, 0.25) is 6.29 Å². The zero-order valence-electron chi connectivity index (χ0n) is 11.8. The van der Waals surface area contributed by atoms with Crippen molar-refractivity contribution in [3.63, 3.8) is 0 Å². The molecular weight excluding hydrogens is 324 g/mol. The molecule has 23 heavy (non-hydrogen) atoms. The number of aromatic nitrogens is 1. The summed E-state index contributed by atoms with van der Waals surface area (Å²) < 4.78 is 35.0. The van der Waals surface area contributed by atoms with Crippen LogP contribution in [0.15, 0.2) is 22.0 Å². The van der Waals surface area contributed by atoms with E-state index in [9.17, 15) is 18.6 Å². The molecule has 2 aromatic rings. The highest BCUT2D eigenvalue weighted by Gasteiger charge is 2.31. The molecule has 1 aromatic carbocycles. The average Bonchev–Trinajstić information content (AvgIpc) is 3.05. The molecule has 0 atom stereocenters.